The van der Waals surface area contributed by atoms with Crippen LogP contribution < -0.4 is 4.90 Å². The van der Waals surface area contributed by atoms with Crippen molar-refractivity contribution in [3.63, 3.8) is 0 Å². The standard InChI is InChI=1S/C58H41NO/c1-5-15-40(16-6-1)43-25-27-47(28-26-43)54-37-50(38-56-57(54)55-39-53(46-21-11-4-12-22-46)51-23-13-14-24-52(51)58(55)60-56)59(48-33-29-44(30-34-48)41-17-7-2-8-18-41)49-35-31-45(32-36-49)42-19-9-3-10-20-42/h2-5,7-39H,1,6H2. The molecule has 0 radical (unpaired) electrons. The van der Waals surface area contributed by atoms with Gasteiger partial charge in [0.15, 0.2) is 0 Å². The molecule has 0 fully saturated rings. The summed E-state index contributed by atoms with van der Waals surface area (Å²) < 4.78 is 7.11. The highest BCUT2D eigenvalue weighted by Crippen LogP contribution is 2.47. The van der Waals surface area contributed by atoms with Crippen LogP contribution in [0.3, 0.4) is 0 Å². The van der Waals surface area contributed by atoms with Gasteiger partial charge in [0.2, 0.25) is 0 Å². The molecule has 0 saturated heterocycles. The molecule has 1 heterocycles. The van der Waals surface area contributed by atoms with E-state index in [0.717, 1.165) is 68.4 Å². The third kappa shape index (κ3) is 6.49. The van der Waals surface area contributed by atoms with E-state index in [0.29, 0.717) is 0 Å². The molecule has 11 rings (SSSR count). The van der Waals surface area contributed by atoms with Gasteiger partial charge in [-0.1, -0.05) is 182 Å². The lowest BCUT2D eigenvalue weighted by molar-refractivity contribution is 0.673. The molecule has 0 atom stereocenters. The van der Waals surface area contributed by atoms with E-state index in [9.17, 15) is 0 Å². The van der Waals surface area contributed by atoms with Crippen LogP contribution in [0.25, 0.3) is 82.8 Å². The highest BCUT2D eigenvalue weighted by molar-refractivity contribution is 6.22. The quantitative estimate of drug-likeness (QED) is 0.153. The van der Waals surface area contributed by atoms with Gasteiger partial charge in [0.1, 0.15) is 11.2 Å². The summed E-state index contributed by atoms with van der Waals surface area (Å²) in [7, 11) is 0. The van der Waals surface area contributed by atoms with Crippen molar-refractivity contribution in [2.45, 2.75) is 12.8 Å². The van der Waals surface area contributed by atoms with Gasteiger partial charge in [-0.2, -0.15) is 0 Å². The molecule has 2 nitrogen and oxygen atoms in total. The van der Waals surface area contributed by atoms with E-state index in [4.69, 9.17) is 4.42 Å². The summed E-state index contributed by atoms with van der Waals surface area (Å²) in [5.41, 5.74) is 16.8. The second-order valence-electron chi connectivity index (χ2n) is 15.6. The van der Waals surface area contributed by atoms with Crippen molar-refractivity contribution in [1.82, 2.24) is 0 Å². The van der Waals surface area contributed by atoms with E-state index in [1.807, 2.05) is 0 Å². The summed E-state index contributed by atoms with van der Waals surface area (Å²) in [5, 5.41) is 4.50. The fraction of sp³-hybridized carbons (Fsp3) is 0.0345. The lowest BCUT2D eigenvalue weighted by Crippen LogP contribution is -2.10. The smallest absolute Gasteiger partial charge is 0.143 e. The number of hydrogen-bond acceptors (Lipinski definition) is 2. The number of nitrogens with zero attached hydrogens (tertiary/aromatic N) is 1. The molecule has 60 heavy (non-hydrogen) atoms. The molecular formula is C58H41NO. The molecule has 0 spiro atoms. The van der Waals surface area contributed by atoms with Crippen molar-refractivity contribution >= 4 is 55.3 Å². The van der Waals surface area contributed by atoms with Crippen molar-refractivity contribution in [2.24, 2.45) is 0 Å². The Bertz CT molecular complexity index is 3110. The first-order valence-corrected chi connectivity index (χ1v) is 20.8. The Balaban J connectivity index is 1.15. The van der Waals surface area contributed by atoms with Crippen LogP contribution >= 0.6 is 0 Å². The van der Waals surface area contributed by atoms with E-state index in [1.165, 1.54) is 49.9 Å². The Morgan fingerprint density at radius 1 is 0.367 bits per heavy atom. The molecule has 10 aromatic rings. The molecular weight excluding hydrogens is 727 g/mol. The molecule has 1 aliphatic rings. The molecule has 9 aromatic carbocycles. The van der Waals surface area contributed by atoms with Gasteiger partial charge in [0.25, 0.3) is 0 Å². The molecule has 284 valence electrons. The topological polar surface area (TPSA) is 16.4 Å². The van der Waals surface area contributed by atoms with Crippen LogP contribution in [0.2, 0.25) is 0 Å². The fourth-order valence-corrected chi connectivity index (χ4v) is 8.91. The number of benzene rings is 9. The van der Waals surface area contributed by atoms with Crippen LogP contribution in [-0.4, -0.2) is 0 Å². The number of furan rings is 1. The Morgan fingerprint density at radius 2 is 0.867 bits per heavy atom. The largest absolute Gasteiger partial charge is 0.455 e. The summed E-state index contributed by atoms with van der Waals surface area (Å²) in [6, 6.07) is 74.4. The maximum atomic E-state index is 7.11. The predicted molar refractivity (Wildman–Crippen MR) is 254 cm³/mol. The summed E-state index contributed by atoms with van der Waals surface area (Å²) in [6.07, 6.45) is 9.04. The molecule has 0 bridgehead atoms. The summed E-state index contributed by atoms with van der Waals surface area (Å²) >= 11 is 0. The summed E-state index contributed by atoms with van der Waals surface area (Å²) in [5.74, 6) is 0. The van der Waals surface area contributed by atoms with Crippen LogP contribution in [0, 0.1) is 0 Å². The zero-order valence-electron chi connectivity index (χ0n) is 33.1. The maximum Gasteiger partial charge on any atom is 0.143 e. The van der Waals surface area contributed by atoms with Gasteiger partial charge in [0, 0.05) is 33.6 Å². The van der Waals surface area contributed by atoms with Gasteiger partial charge in [-0.15, -0.1) is 0 Å². The molecule has 0 saturated carbocycles. The van der Waals surface area contributed by atoms with Crippen LogP contribution in [0.4, 0.5) is 17.1 Å². The van der Waals surface area contributed by atoms with Crippen molar-refractivity contribution in [2.75, 3.05) is 4.90 Å². The Kier molecular flexibility index (Phi) is 9.02. The Morgan fingerprint density at radius 3 is 1.45 bits per heavy atom. The molecule has 0 unspecified atom stereocenters. The molecule has 0 amide bonds. The van der Waals surface area contributed by atoms with E-state index >= 15 is 0 Å². The lowest BCUT2D eigenvalue weighted by atomic mass is 9.92. The number of fused-ring (bicyclic) bond motifs is 5. The highest BCUT2D eigenvalue weighted by atomic mass is 16.3. The average molecular weight is 768 g/mol. The van der Waals surface area contributed by atoms with Gasteiger partial charge >= 0.3 is 0 Å². The Hall–Kier alpha value is -7.68. The molecule has 1 aliphatic carbocycles. The minimum atomic E-state index is 0.849. The van der Waals surface area contributed by atoms with E-state index in [1.54, 1.807) is 0 Å². The first-order chi connectivity index (χ1) is 29.7. The third-order valence-electron chi connectivity index (χ3n) is 11.9. The van der Waals surface area contributed by atoms with Crippen molar-refractivity contribution in [3.8, 4) is 44.5 Å². The predicted octanol–water partition coefficient (Wildman–Crippen LogP) is 16.6. The molecule has 0 aliphatic heterocycles. The summed E-state index contributed by atoms with van der Waals surface area (Å²) in [6.45, 7) is 0. The maximum absolute atomic E-state index is 7.11. The van der Waals surface area contributed by atoms with Gasteiger partial charge in [-0.3, -0.25) is 0 Å². The molecule has 1 aromatic heterocycles. The van der Waals surface area contributed by atoms with Crippen LogP contribution in [0.1, 0.15) is 18.4 Å². The van der Waals surface area contributed by atoms with Crippen molar-refractivity contribution in [1.29, 1.82) is 0 Å². The number of hydrogen-bond donors (Lipinski definition) is 0. The number of allylic oxidation sites excluding steroid dienone is 4. The minimum absolute atomic E-state index is 0.849. The molecule has 2 heteroatoms. The zero-order valence-corrected chi connectivity index (χ0v) is 33.1. The first-order valence-electron chi connectivity index (χ1n) is 20.8. The van der Waals surface area contributed by atoms with Crippen LogP contribution in [0.5, 0.6) is 0 Å². The van der Waals surface area contributed by atoms with E-state index in [-0.39, 0.29) is 0 Å². The first kappa shape index (κ1) is 35.5. The third-order valence-corrected chi connectivity index (χ3v) is 11.9. The normalized spacial score (nSPS) is 12.6. The van der Waals surface area contributed by atoms with Gasteiger partial charge in [0.05, 0.1) is 5.69 Å². The van der Waals surface area contributed by atoms with Crippen molar-refractivity contribution in [3.05, 3.63) is 230 Å². The lowest BCUT2D eigenvalue weighted by Gasteiger charge is -2.27. The number of anilines is 3. The minimum Gasteiger partial charge on any atom is -0.455 e. The average Bonchev–Trinajstić information content (AvgIpc) is 3.71. The second-order valence-corrected chi connectivity index (χ2v) is 15.6. The fourth-order valence-electron chi connectivity index (χ4n) is 8.91. The van der Waals surface area contributed by atoms with Gasteiger partial charge in [-0.25, -0.2) is 0 Å². The zero-order chi connectivity index (χ0) is 39.8. The molecule has 0 N–H and O–H groups in total. The Labute approximate surface area is 350 Å². The van der Waals surface area contributed by atoms with Crippen molar-refractivity contribution < 1.29 is 4.42 Å². The monoisotopic (exact) mass is 767 g/mol. The summed E-state index contributed by atoms with van der Waals surface area (Å²) in [4.78, 5) is 2.36. The van der Waals surface area contributed by atoms with Crippen LogP contribution in [-0.2, 0) is 0 Å². The highest BCUT2D eigenvalue weighted by Gasteiger charge is 2.22. The van der Waals surface area contributed by atoms with Gasteiger partial charge < -0.3 is 9.32 Å². The number of rotatable bonds is 8. The van der Waals surface area contributed by atoms with Gasteiger partial charge in [-0.05, 0) is 110 Å². The SMILES string of the molecule is C1=CC(c2ccc(-c3cc(N(c4ccc(-c5ccccc5)cc4)c4ccc(-c5ccccc5)cc4)cc4oc5c6ccccc6c(-c6ccccc6)cc5c34)cc2)=CCC1. The van der Waals surface area contributed by atoms with E-state index < -0.39 is 0 Å². The van der Waals surface area contributed by atoms with Crippen LogP contribution in [0.15, 0.2) is 229 Å². The second kappa shape index (κ2) is 15.2. The van der Waals surface area contributed by atoms with E-state index in [2.05, 4.69) is 229 Å².